The minimum atomic E-state index is -0.651. The van der Waals surface area contributed by atoms with E-state index in [9.17, 15) is 9.59 Å². The molecule has 22 heavy (non-hydrogen) atoms. The Labute approximate surface area is 154 Å². The van der Waals surface area contributed by atoms with Crippen LogP contribution < -0.4 is 4.90 Å². The van der Waals surface area contributed by atoms with Crippen LogP contribution in [0.2, 0.25) is 4.34 Å². The Hall–Kier alpha value is -0.100. The van der Waals surface area contributed by atoms with Crippen LogP contribution >= 0.6 is 53.1 Å². The van der Waals surface area contributed by atoms with Crippen molar-refractivity contribution in [3.8, 4) is 0 Å². The quantitative estimate of drug-likeness (QED) is 0.250. The maximum atomic E-state index is 12.3. The van der Waals surface area contributed by atoms with Crippen LogP contribution in [0.15, 0.2) is 0 Å². The summed E-state index contributed by atoms with van der Waals surface area (Å²) in [6, 6.07) is 0. The standard InChI is InChI=1S/C12H16ClIN2O4S2/c1-12(2,3)20-11(18)16(7-19-4-5-21-14)10-15-8(6-17)9(13)22-10/h6H,4-5,7H2,1-3H3. The predicted molar refractivity (Wildman–Crippen MR) is 98.5 cm³/mol. The first-order valence-electron chi connectivity index (χ1n) is 6.21. The van der Waals surface area contributed by atoms with Crippen LogP contribution in [-0.2, 0) is 9.47 Å². The third-order valence-electron chi connectivity index (χ3n) is 2.08. The second-order valence-electron chi connectivity index (χ2n) is 5.03. The summed E-state index contributed by atoms with van der Waals surface area (Å²) in [7, 11) is 1.61. The average molecular weight is 479 g/mol. The topological polar surface area (TPSA) is 68.7 Å². The van der Waals surface area contributed by atoms with E-state index in [1.54, 1.807) is 29.7 Å². The first-order valence-corrected chi connectivity index (χ1v) is 10.9. The van der Waals surface area contributed by atoms with Crippen molar-refractivity contribution >= 4 is 70.6 Å². The molecule has 0 saturated heterocycles. The molecule has 0 aromatic carbocycles. The second-order valence-corrected chi connectivity index (χ2v) is 9.11. The van der Waals surface area contributed by atoms with E-state index in [0.29, 0.717) is 12.9 Å². The molecule has 0 radical (unpaired) electrons. The smallest absolute Gasteiger partial charge is 0.418 e. The number of hydrogen-bond acceptors (Lipinski definition) is 7. The van der Waals surface area contributed by atoms with Gasteiger partial charge in [0, 0.05) is 5.75 Å². The van der Waals surface area contributed by atoms with Crippen LogP contribution in [0.4, 0.5) is 9.93 Å². The molecule has 1 aromatic rings. The van der Waals surface area contributed by atoms with E-state index >= 15 is 0 Å². The van der Waals surface area contributed by atoms with Gasteiger partial charge in [-0.05, 0) is 42.0 Å². The van der Waals surface area contributed by atoms with Gasteiger partial charge in [-0.2, -0.15) is 0 Å². The van der Waals surface area contributed by atoms with Crippen LogP contribution in [0.5, 0.6) is 0 Å². The molecule has 0 aliphatic carbocycles. The number of anilines is 1. The van der Waals surface area contributed by atoms with E-state index in [-0.39, 0.29) is 21.9 Å². The molecule has 0 unspecified atom stereocenters. The van der Waals surface area contributed by atoms with Gasteiger partial charge < -0.3 is 9.47 Å². The van der Waals surface area contributed by atoms with Crippen LogP contribution in [0.3, 0.4) is 0 Å². The number of rotatable bonds is 7. The molecule has 0 fully saturated rings. The lowest BCUT2D eigenvalue weighted by atomic mass is 10.2. The molecule has 1 heterocycles. The fourth-order valence-corrected chi connectivity index (χ4v) is 2.99. The third-order valence-corrected chi connectivity index (χ3v) is 5.03. The Morgan fingerprint density at radius 2 is 2.23 bits per heavy atom. The van der Waals surface area contributed by atoms with Crippen LogP contribution in [0.25, 0.3) is 0 Å². The second kappa shape index (κ2) is 9.26. The van der Waals surface area contributed by atoms with E-state index in [1.807, 2.05) is 0 Å². The molecule has 1 aromatic heterocycles. The highest BCUT2D eigenvalue weighted by Gasteiger charge is 2.26. The summed E-state index contributed by atoms with van der Waals surface area (Å²) in [4.78, 5) is 28.4. The van der Waals surface area contributed by atoms with E-state index in [2.05, 4.69) is 26.2 Å². The number of halogens is 2. The Morgan fingerprint density at radius 3 is 2.73 bits per heavy atom. The molecular formula is C12H16ClIN2O4S2. The van der Waals surface area contributed by atoms with Gasteiger partial charge in [-0.3, -0.25) is 4.79 Å². The molecular weight excluding hydrogens is 463 g/mol. The number of carbonyl (C=O) groups excluding carboxylic acids is 2. The normalized spacial score (nSPS) is 11.3. The zero-order valence-electron chi connectivity index (χ0n) is 12.3. The molecule has 1 amide bonds. The minimum Gasteiger partial charge on any atom is -0.443 e. The number of ether oxygens (including phenoxy) is 2. The van der Waals surface area contributed by atoms with Crippen molar-refractivity contribution in [1.29, 1.82) is 0 Å². The molecule has 6 nitrogen and oxygen atoms in total. The van der Waals surface area contributed by atoms with E-state index in [4.69, 9.17) is 21.1 Å². The van der Waals surface area contributed by atoms with Gasteiger partial charge in [0.2, 0.25) is 0 Å². The third kappa shape index (κ3) is 6.57. The molecule has 0 atom stereocenters. The maximum absolute atomic E-state index is 12.3. The summed E-state index contributed by atoms with van der Waals surface area (Å²) in [6.07, 6.45) is -0.0547. The summed E-state index contributed by atoms with van der Waals surface area (Å²) in [5.74, 6) is 0.793. The Balaban J connectivity index is 2.89. The zero-order chi connectivity index (χ0) is 16.8. The van der Waals surface area contributed by atoms with Crippen molar-refractivity contribution < 1.29 is 19.1 Å². The lowest BCUT2D eigenvalue weighted by molar-refractivity contribution is 0.0501. The average Bonchev–Trinajstić information content (AvgIpc) is 2.77. The van der Waals surface area contributed by atoms with Gasteiger partial charge in [-0.25, -0.2) is 14.7 Å². The number of carbonyl (C=O) groups is 2. The summed E-state index contributed by atoms with van der Waals surface area (Å²) >= 11 is 9.10. The van der Waals surface area contributed by atoms with Gasteiger partial charge in [-0.15, -0.1) is 0 Å². The molecule has 0 saturated carbocycles. The molecule has 0 bridgehead atoms. The lowest BCUT2D eigenvalue weighted by Crippen LogP contribution is -2.38. The van der Waals surface area contributed by atoms with Crippen LogP contribution in [0.1, 0.15) is 31.3 Å². The Morgan fingerprint density at radius 1 is 1.55 bits per heavy atom. The van der Waals surface area contributed by atoms with E-state index in [0.717, 1.165) is 17.1 Å². The van der Waals surface area contributed by atoms with Gasteiger partial charge in [0.1, 0.15) is 22.4 Å². The minimum absolute atomic E-state index is 0.0196. The van der Waals surface area contributed by atoms with Crippen molar-refractivity contribution in [2.24, 2.45) is 0 Å². The molecule has 0 N–H and O–H groups in total. The van der Waals surface area contributed by atoms with Gasteiger partial charge in [0.15, 0.2) is 11.4 Å². The number of hydrogen-bond donors (Lipinski definition) is 0. The van der Waals surface area contributed by atoms with Gasteiger partial charge in [-0.1, -0.05) is 31.9 Å². The molecule has 124 valence electrons. The Bertz CT molecular complexity index is 522. The highest BCUT2D eigenvalue weighted by Crippen LogP contribution is 2.30. The largest absolute Gasteiger partial charge is 0.443 e. The monoisotopic (exact) mass is 478 g/mol. The predicted octanol–water partition coefficient (Wildman–Crippen LogP) is 4.41. The van der Waals surface area contributed by atoms with Crippen molar-refractivity contribution in [3.05, 3.63) is 10.0 Å². The molecule has 10 heteroatoms. The fraction of sp³-hybridized carbons (Fsp3) is 0.583. The number of thiazole rings is 1. The van der Waals surface area contributed by atoms with Crippen molar-refractivity contribution in [2.45, 2.75) is 26.4 Å². The highest BCUT2D eigenvalue weighted by molar-refractivity contribution is 14.2. The van der Waals surface area contributed by atoms with Gasteiger partial charge >= 0.3 is 6.09 Å². The number of amides is 1. The first kappa shape index (κ1) is 19.9. The molecule has 0 aliphatic rings. The van der Waals surface area contributed by atoms with Gasteiger partial charge in [0.05, 0.1) is 6.61 Å². The van der Waals surface area contributed by atoms with Crippen molar-refractivity contribution in [1.82, 2.24) is 4.98 Å². The summed E-state index contributed by atoms with van der Waals surface area (Å²) in [5, 5.41) is 0.267. The first-order chi connectivity index (χ1) is 10.3. The molecule has 0 aliphatic heterocycles. The number of aromatic nitrogens is 1. The summed E-state index contributed by atoms with van der Waals surface area (Å²) in [5.41, 5.74) is -0.555. The van der Waals surface area contributed by atoms with E-state index < -0.39 is 11.7 Å². The zero-order valence-corrected chi connectivity index (χ0v) is 16.8. The van der Waals surface area contributed by atoms with Crippen molar-refractivity contribution in [3.63, 3.8) is 0 Å². The van der Waals surface area contributed by atoms with Crippen molar-refractivity contribution in [2.75, 3.05) is 24.0 Å². The SMILES string of the molecule is CC(C)(C)OC(=O)N(COCCSI)c1nc(C=O)c(Cl)s1. The van der Waals surface area contributed by atoms with Crippen LogP contribution in [0, 0.1) is 0 Å². The summed E-state index contributed by atoms with van der Waals surface area (Å²) < 4.78 is 11.0. The van der Waals surface area contributed by atoms with Gasteiger partial charge in [0.25, 0.3) is 0 Å². The van der Waals surface area contributed by atoms with Crippen LogP contribution in [-0.4, -0.2) is 42.1 Å². The fourth-order valence-electron chi connectivity index (χ4n) is 1.24. The van der Waals surface area contributed by atoms with E-state index in [1.165, 1.54) is 4.90 Å². The lowest BCUT2D eigenvalue weighted by Gasteiger charge is -2.25. The number of aldehydes is 1. The highest BCUT2D eigenvalue weighted by atomic mass is 127. The molecule has 1 rings (SSSR count). The maximum Gasteiger partial charge on any atom is 0.418 e. The Kier molecular flexibility index (Phi) is 8.39. The summed E-state index contributed by atoms with van der Waals surface area (Å²) in [6.45, 7) is 5.76. The number of nitrogens with zero attached hydrogens (tertiary/aromatic N) is 2. The molecule has 0 spiro atoms.